The van der Waals surface area contributed by atoms with Crippen molar-refractivity contribution in [1.29, 1.82) is 0 Å². The van der Waals surface area contributed by atoms with Gasteiger partial charge in [-0.2, -0.15) is 0 Å². The molecule has 90 valence electrons. The predicted octanol–water partition coefficient (Wildman–Crippen LogP) is 3.78. The quantitative estimate of drug-likeness (QED) is 0.518. The molecule has 1 N–H and O–H groups in total. The Balaban J connectivity index is 2.12. The molecule has 0 atom stereocenters. The molecule has 0 saturated carbocycles. The minimum atomic E-state index is 0.877. The minimum absolute atomic E-state index is 0.877. The lowest BCUT2D eigenvalue weighted by Crippen LogP contribution is -1.87. The van der Waals surface area contributed by atoms with Crippen molar-refractivity contribution in [1.82, 2.24) is 15.0 Å². The molecule has 4 aromatic rings. The lowest BCUT2D eigenvalue weighted by Gasteiger charge is -2.05. The molecule has 0 fully saturated rings. The molecule has 3 heteroatoms. The summed E-state index contributed by atoms with van der Waals surface area (Å²) < 4.78 is 0. The first kappa shape index (κ1) is 10.3. The van der Waals surface area contributed by atoms with Gasteiger partial charge in [0.25, 0.3) is 0 Å². The molecule has 2 heterocycles. The van der Waals surface area contributed by atoms with Crippen LogP contribution in [0, 0.1) is 0 Å². The van der Waals surface area contributed by atoms with Crippen LogP contribution in [-0.2, 0) is 0 Å². The topological polar surface area (TPSA) is 41.6 Å². The van der Waals surface area contributed by atoms with E-state index in [2.05, 4.69) is 28.2 Å². The van der Waals surface area contributed by atoms with Crippen LogP contribution in [0.1, 0.15) is 0 Å². The molecule has 0 saturated heterocycles. The first-order valence-electron chi connectivity index (χ1n) is 6.20. The summed E-state index contributed by atoms with van der Waals surface area (Å²) in [5.74, 6) is 0.877. The van der Waals surface area contributed by atoms with Crippen LogP contribution in [0.4, 0.5) is 0 Å². The zero-order valence-corrected chi connectivity index (χ0v) is 10.2. The van der Waals surface area contributed by atoms with Crippen molar-refractivity contribution >= 4 is 21.8 Å². The highest BCUT2D eigenvalue weighted by Crippen LogP contribution is 2.27. The van der Waals surface area contributed by atoms with E-state index in [1.54, 1.807) is 6.20 Å². The molecule has 0 aliphatic rings. The summed E-state index contributed by atoms with van der Waals surface area (Å²) in [7, 11) is 0. The molecule has 0 radical (unpaired) electrons. The van der Waals surface area contributed by atoms with Crippen LogP contribution in [0.25, 0.3) is 33.2 Å². The first-order valence-corrected chi connectivity index (χ1v) is 6.20. The number of rotatable bonds is 1. The number of hydrogen-bond donors (Lipinski definition) is 1. The minimum Gasteiger partial charge on any atom is -0.345 e. The largest absolute Gasteiger partial charge is 0.345 e. The van der Waals surface area contributed by atoms with E-state index in [-0.39, 0.29) is 0 Å². The van der Waals surface area contributed by atoms with Crippen LogP contribution in [0.15, 0.2) is 60.9 Å². The van der Waals surface area contributed by atoms with Crippen molar-refractivity contribution in [2.75, 3.05) is 0 Å². The standard InChI is InChI=1S/C16H11N3/c1-2-6-14-11(4-1)10-13-12(16-17-8-9-18-16)5-3-7-15(13)19-14/h1-10H,(H,17,18). The third-order valence-electron chi connectivity index (χ3n) is 3.31. The van der Waals surface area contributed by atoms with Gasteiger partial charge in [-0.1, -0.05) is 30.3 Å². The molecule has 0 spiro atoms. The molecule has 0 aliphatic heterocycles. The van der Waals surface area contributed by atoms with Gasteiger partial charge in [-0.05, 0) is 18.2 Å². The van der Waals surface area contributed by atoms with Crippen molar-refractivity contribution < 1.29 is 0 Å². The Labute approximate surface area is 110 Å². The van der Waals surface area contributed by atoms with Gasteiger partial charge in [0.15, 0.2) is 0 Å². The normalized spacial score (nSPS) is 11.2. The number of aromatic amines is 1. The van der Waals surface area contributed by atoms with Gasteiger partial charge in [0.05, 0.1) is 11.0 Å². The van der Waals surface area contributed by atoms with Gasteiger partial charge in [0.1, 0.15) is 5.82 Å². The molecule has 3 nitrogen and oxygen atoms in total. The second-order valence-corrected chi connectivity index (χ2v) is 4.49. The molecular weight excluding hydrogens is 234 g/mol. The second kappa shape index (κ2) is 3.92. The van der Waals surface area contributed by atoms with Crippen LogP contribution in [0.5, 0.6) is 0 Å². The number of nitrogens with one attached hydrogen (secondary N) is 1. The average molecular weight is 245 g/mol. The Morgan fingerprint density at radius 3 is 2.68 bits per heavy atom. The fourth-order valence-corrected chi connectivity index (χ4v) is 2.42. The van der Waals surface area contributed by atoms with Gasteiger partial charge in [0, 0.05) is 28.7 Å². The highest BCUT2D eigenvalue weighted by molar-refractivity contribution is 5.99. The van der Waals surface area contributed by atoms with Gasteiger partial charge in [-0.3, -0.25) is 0 Å². The third kappa shape index (κ3) is 1.59. The summed E-state index contributed by atoms with van der Waals surface area (Å²) in [4.78, 5) is 12.2. The summed E-state index contributed by atoms with van der Waals surface area (Å²) in [6.45, 7) is 0. The van der Waals surface area contributed by atoms with Crippen molar-refractivity contribution in [2.24, 2.45) is 0 Å². The molecular formula is C16H11N3. The van der Waals surface area contributed by atoms with Crippen LogP contribution in [0.2, 0.25) is 0 Å². The average Bonchev–Trinajstić information content (AvgIpc) is 2.98. The Hall–Kier alpha value is -2.68. The number of nitrogens with zero attached hydrogens (tertiary/aromatic N) is 2. The summed E-state index contributed by atoms with van der Waals surface area (Å²) in [5.41, 5.74) is 3.10. The summed E-state index contributed by atoms with van der Waals surface area (Å²) in [6, 6.07) is 16.5. The number of H-pyrrole nitrogens is 1. The van der Waals surface area contributed by atoms with Crippen LogP contribution < -0.4 is 0 Å². The smallest absolute Gasteiger partial charge is 0.137 e. The third-order valence-corrected chi connectivity index (χ3v) is 3.31. The maximum absolute atomic E-state index is 4.71. The van der Waals surface area contributed by atoms with Gasteiger partial charge in [-0.15, -0.1) is 0 Å². The zero-order chi connectivity index (χ0) is 12.7. The molecule has 2 aromatic heterocycles. The fraction of sp³-hybridized carbons (Fsp3) is 0. The van der Waals surface area contributed by atoms with E-state index in [0.717, 1.165) is 33.2 Å². The van der Waals surface area contributed by atoms with E-state index >= 15 is 0 Å². The summed E-state index contributed by atoms with van der Waals surface area (Å²) in [5, 5.41) is 2.27. The molecule has 0 aliphatic carbocycles. The predicted molar refractivity (Wildman–Crippen MR) is 76.8 cm³/mol. The SMILES string of the molecule is c1ccc2nc3cccc(-c4ncc[nH]4)c3cc2c1. The Morgan fingerprint density at radius 1 is 0.895 bits per heavy atom. The monoisotopic (exact) mass is 245 g/mol. The number of para-hydroxylation sites is 1. The number of hydrogen-bond acceptors (Lipinski definition) is 2. The van der Waals surface area contributed by atoms with E-state index in [9.17, 15) is 0 Å². The van der Waals surface area contributed by atoms with E-state index in [1.807, 2.05) is 36.5 Å². The molecule has 2 aromatic carbocycles. The van der Waals surface area contributed by atoms with E-state index in [4.69, 9.17) is 4.98 Å². The Kier molecular flexibility index (Phi) is 2.12. The number of fused-ring (bicyclic) bond motifs is 2. The summed E-state index contributed by atoms with van der Waals surface area (Å²) >= 11 is 0. The maximum Gasteiger partial charge on any atom is 0.137 e. The van der Waals surface area contributed by atoms with Gasteiger partial charge >= 0.3 is 0 Å². The number of benzene rings is 2. The van der Waals surface area contributed by atoms with E-state index in [1.165, 1.54) is 0 Å². The molecule has 19 heavy (non-hydrogen) atoms. The number of pyridine rings is 1. The van der Waals surface area contributed by atoms with Crippen molar-refractivity contribution in [3.63, 3.8) is 0 Å². The van der Waals surface area contributed by atoms with Gasteiger partial charge in [0.2, 0.25) is 0 Å². The zero-order valence-electron chi connectivity index (χ0n) is 10.2. The van der Waals surface area contributed by atoms with Crippen LogP contribution in [-0.4, -0.2) is 15.0 Å². The first-order chi connectivity index (χ1) is 9.42. The fourth-order valence-electron chi connectivity index (χ4n) is 2.42. The van der Waals surface area contributed by atoms with Gasteiger partial charge < -0.3 is 4.98 Å². The summed E-state index contributed by atoms with van der Waals surface area (Å²) in [6.07, 6.45) is 3.60. The second-order valence-electron chi connectivity index (χ2n) is 4.49. The van der Waals surface area contributed by atoms with Crippen LogP contribution in [0.3, 0.4) is 0 Å². The van der Waals surface area contributed by atoms with Crippen molar-refractivity contribution in [3.05, 3.63) is 60.9 Å². The molecule has 4 rings (SSSR count). The molecule has 0 amide bonds. The number of aromatic nitrogens is 3. The van der Waals surface area contributed by atoms with Gasteiger partial charge in [-0.25, -0.2) is 9.97 Å². The highest BCUT2D eigenvalue weighted by atomic mass is 14.9. The van der Waals surface area contributed by atoms with E-state index < -0.39 is 0 Å². The van der Waals surface area contributed by atoms with E-state index in [0.29, 0.717) is 0 Å². The van der Waals surface area contributed by atoms with Crippen molar-refractivity contribution in [2.45, 2.75) is 0 Å². The lowest BCUT2D eigenvalue weighted by molar-refractivity contribution is 1.32. The van der Waals surface area contributed by atoms with Crippen LogP contribution >= 0.6 is 0 Å². The highest BCUT2D eigenvalue weighted by Gasteiger charge is 2.07. The Bertz CT molecular complexity index is 864. The Morgan fingerprint density at radius 2 is 1.79 bits per heavy atom. The lowest BCUT2D eigenvalue weighted by atomic mass is 10.1. The molecule has 0 bridgehead atoms. The van der Waals surface area contributed by atoms with Crippen molar-refractivity contribution in [3.8, 4) is 11.4 Å². The maximum atomic E-state index is 4.71. The molecule has 0 unspecified atom stereocenters. The number of imidazole rings is 1.